The maximum Gasteiger partial charge on any atom is 1.00 e. The van der Waals surface area contributed by atoms with Crippen LogP contribution in [0.4, 0.5) is 0 Å². The summed E-state index contributed by atoms with van der Waals surface area (Å²) in [5, 5.41) is 0. The van der Waals surface area contributed by atoms with E-state index in [4.69, 9.17) is 17.5 Å². The summed E-state index contributed by atoms with van der Waals surface area (Å²) in [5.74, 6) is 0. The van der Waals surface area contributed by atoms with Crippen LogP contribution >= 0.6 is 0 Å². The van der Waals surface area contributed by atoms with E-state index in [-0.39, 0.29) is 93.0 Å². The smallest absolute Gasteiger partial charge is 1.00 e. The van der Waals surface area contributed by atoms with Crippen LogP contribution in [0.2, 0.25) is 0 Å². The van der Waals surface area contributed by atoms with Crippen molar-refractivity contribution in [1.82, 2.24) is 0 Å². The number of unbranched alkanes of at least 4 members (excludes halogenated alkanes) is 15. The van der Waals surface area contributed by atoms with Gasteiger partial charge < -0.3 is 9.07 Å². The predicted molar refractivity (Wildman–Crippen MR) is 103 cm³/mol. The molecular weight excluding hydrogens is 397 g/mol. The van der Waals surface area contributed by atoms with Crippen LogP contribution < -0.4 is 88.7 Å². The van der Waals surface area contributed by atoms with Gasteiger partial charge in [0.25, 0.3) is 0 Å². The van der Waals surface area contributed by atoms with Gasteiger partial charge in [-0.15, -0.1) is 0 Å². The molecular formula is C18H41Na3O5S. The van der Waals surface area contributed by atoms with Crippen molar-refractivity contribution in [1.29, 1.82) is 0 Å². The molecule has 0 unspecified atom stereocenters. The van der Waals surface area contributed by atoms with E-state index in [1.165, 1.54) is 89.9 Å². The normalized spacial score (nSPS) is 9.74. The first-order valence-electron chi connectivity index (χ1n) is 9.55. The van der Waals surface area contributed by atoms with Crippen molar-refractivity contribution in [2.45, 2.75) is 110 Å². The first-order chi connectivity index (χ1) is 11.4. The summed E-state index contributed by atoms with van der Waals surface area (Å²) >= 11 is 0. The first kappa shape index (κ1) is 40.0. The van der Waals surface area contributed by atoms with Gasteiger partial charge in [0.2, 0.25) is 0 Å². The van der Waals surface area contributed by atoms with E-state index in [0.29, 0.717) is 0 Å². The summed E-state index contributed by atoms with van der Waals surface area (Å²) in [6, 6.07) is 0. The summed E-state index contributed by atoms with van der Waals surface area (Å²) in [7, 11) is -4.67. The summed E-state index contributed by atoms with van der Waals surface area (Å²) in [5.41, 5.74) is 0. The third-order valence-corrected chi connectivity index (χ3v) is 3.93. The number of rotatable bonds is 16. The van der Waals surface area contributed by atoms with E-state index >= 15 is 0 Å². The van der Waals surface area contributed by atoms with Crippen molar-refractivity contribution >= 4 is 16.7 Å². The van der Waals surface area contributed by atoms with Crippen molar-refractivity contribution < 1.29 is 115 Å². The third-order valence-electron chi connectivity index (χ3n) is 3.93. The second-order valence-electron chi connectivity index (χ2n) is 6.35. The average molecular weight is 439 g/mol. The van der Waals surface area contributed by atoms with Crippen molar-refractivity contribution in [2.24, 2.45) is 0 Å². The molecule has 9 heteroatoms. The molecule has 0 rings (SSSR count). The Labute approximate surface area is 238 Å². The largest absolute Gasteiger partial charge is 1.00 e. The molecule has 0 aromatic rings. The first-order valence-corrected chi connectivity index (χ1v) is 10.9. The molecule has 0 saturated carbocycles. The van der Waals surface area contributed by atoms with E-state index < -0.39 is 10.4 Å². The van der Waals surface area contributed by atoms with Gasteiger partial charge in [0.1, 0.15) is 6.29 Å². The second kappa shape index (κ2) is 33.2. The molecule has 0 saturated heterocycles. The van der Waals surface area contributed by atoms with Gasteiger partial charge in [-0.3, -0.25) is 9.11 Å². The number of aldehydes is 1. The molecule has 0 aromatic heterocycles. The van der Waals surface area contributed by atoms with E-state index in [2.05, 4.69) is 6.92 Å². The minimum atomic E-state index is -4.67. The van der Waals surface area contributed by atoms with Crippen LogP contribution in [0, 0.1) is 0 Å². The average Bonchev–Trinajstić information content (AvgIpc) is 2.49. The van der Waals surface area contributed by atoms with E-state index in [1.807, 2.05) is 0 Å². The quantitative estimate of drug-likeness (QED) is 0.117. The Kier molecular flexibility index (Phi) is 49.1. The Balaban J connectivity index is -0.0000000659. The van der Waals surface area contributed by atoms with Gasteiger partial charge in [-0.1, -0.05) is 96.8 Å². The number of hydrogen-bond donors (Lipinski definition) is 2. The molecule has 0 aliphatic rings. The summed E-state index contributed by atoms with van der Waals surface area (Å²) in [4.78, 5) is 10.1. The summed E-state index contributed by atoms with van der Waals surface area (Å²) < 4.78 is 31.6. The SMILES string of the molecule is CCCCCCCCCCCCCCCCCC=O.O=S(=O)(O)O.[H-].[H-].[H-].[Na+].[Na+].[Na+]. The van der Waals surface area contributed by atoms with Gasteiger partial charge in [-0.05, 0) is 6.42 Å². The predicted octanol–water partition coefficient (Wildman–Crippen LogP) is -2.86. The van der Waals surface area contributed by atoms with Crippen LogP contribution in [0.1, 0.15) is 114 Å². The van der Waals surface area contributed by atoms with Crippen molar-refractivity contribution in [3.8, 4) is 0 Å². The molecule has 27 heavy (non-hydrogen) atoms. The Morgan fingerprint density at radius 1 is 0.630 bits per heavy atom. The van der Waals surface area contributed by atoms with Gasteiger partial charge in [0.15, 0.2) is 0 Å². The molecule has 0 amide bonds. The van der Waals surface area contributed by atoms with Gasteiger partial charge in [-0.25, -0.2) is 0 Å². The maximum atomic E-state index is 10.1. The molecule has 0 aromatic carbocycles. The van der Waals surface area contributed by atoms with Crippen LogP contribution in [-0.2, 0) is 15.2 Å². The van der Waals surface area contributed by atoms with Crippen molar-refractivity contribution in [2.75, 3.05) is 0 Å². The fourth-order valence-electron chi connectivity index (χ4n) is 2.60. The molecule has 5 nitrogen and oxygen atoms in total. The molecule has 0 fully saturated rings. The molecule has 0 aliphatic heterocycles. The number of carbonyl (C=O) groups excluding carboxylic acids is 1. The zero-order valence-corrected chi connectivity index (χ0v) is 25.2. The summed E-state index contributed by atoms with van der Waals surface area (Å²) in [6.45, 7) is 2.28. The van der Waals surface area contributed by atoms with E-state index in [9.17, 15) is 4.79 Å². The molecule has 0 radical (unpaired) electrons. The van der Waals surface area contributed by atoms with E-state index in [0.717, 1.165) is 19.1 Å². The molecule has 152 valence electrons. The van der Waals surface area contributed by atoms with Gasteiger partial charge in [0.05, 0.1) is 0 Å². The van der Waals surface area contributed by atoms with Gasteiger partial charge in [0, 0.05) is 6.42 Å². The minimum absolute atomic E-state index is 0. The zero-order valence-electron chi connectivity index (χ0n) is 21.4. The maximum absolute atomic E-state index is 10.1. The van der Waals surface area contributed by atoms with Crippen LogP contribution in [0.3, 0.4) is 0 Å². The van der Waals surface area contributed by atoms with Crippen LogP contribution in [0.25, 0.3) is 0 Å². The Morgan fingerprint density at radius 3 is 1.07 bits per heavy atom. The van der Waals surface area contributed by atoms with Crippen molar-refractivity contribution in [3.63, 3.8) is 0 Å². The number of carbonyl (C=O) groups is 1. The van der Waals surface area contributed by atoms with Gasteiger partial charge >= 0.3 is 99.1 Å². The Hall–Kier alpha value is 2.54. The molecule has 0 spiro atoms. The van der Waals surface area contributed by atoms with Crippen LogP contribution in [-0.4, -0.2) is 23.8 Å². The fraction of sp³-hybridized carbons (Fsp3) is 0.944. The third kappa shape index (κ3) is 58.5. The fourth-order valence-corrected chi connectivity index (χ4v) is 2.60. The standard InChI is InChI=1S/C18H36O.3Na.H2O4S.3H/c1-2-3-4-5-6-7-8-9-10-11-12-13-14-15-16-17-18-19;;;;1-5(2,3)4;;;/h18H,2-17H2,1H3;;;;(H2,1,2,3,4);;;/q;3*+1;;3*-1. The Bertz CT molecular complexity index is 361. The molecule has 0 aliphatic carbocycles. The van der Waals surface area contributed by atoms with E-state index in [1.54, 1.807) is 0 Å². The topological polar surface area (TPSA) is 91.7 Å². The van der Waals surface area contributed by atoms with Crippen LogP contribution in [0.15, 0.2) is 0 Å². The molecule has 2 N–H and O–H groups in total. The molecule has 0 heterocycles. The second-order valence-corrected chi connectivity index (χ2v) is 7.25. The van der Waals surface area contributed by atoms with Gasteiger partial charge in [-0.2, -0.15) is 8.42 Å². The Morgan fingerprint density at radius 2 is 0.852 bits per heavy atom. The minimum Gasteiger partial charge on any atom is -1.00 e. The monoisotopic (exact) mass is 438 g/mol. The summed E-state index contributed by atoms with van der Waals surface area (Å²) in [6.07, 6.45) is 22.6. The molecule has 0 atom stereocenters. The number of hydrogen-bond acceptors (Lipinski definition) is 3. The van der Waals surface area contributed by atoms with Crippen molar-refractivity contribution in [3.05, 3.63) is 0 Å². The van der Waals surface area contributed by atoms with Crippen LogP contribution in [0.5, 0.6) is 0 Å². The zero-order chi connectivity index (χ0) is 18.5. The molecule has 0 bridgehead atoms.